The summed E-state index contributed by atoms with van der Waals surface area (Å²) in [5.74, 6) is 0.0929. The van der Waals surface area contributed by atoms with Gasteiger partial charge >= 0.3 is 0 Å². The minimum atomic E-state index is -0.0674. The number of rotatable bonds is 2. The maximum absolute atomic E-state index is 12.7. The van der Waals surface area contributed by atoms with Gasteiger partial charge in [-0.05, 0) is 58.0 Å². The third-order valence-electron chi connectivity index (χ3n) is 5.45. The van der Waals surface area contributed by atoms with Crippen molar-refractivity contribution in [1.82, 2.24) is 0 Å². The second-order valence-electron chi connectivity index (χ2n) is 6.85. The Hall–Kier alpha value is -2.87. The molecular weight excluding hydrogens is 308 g/mol. The number of aryl methyl sites for hydroxylation is 1. The van der Waals surface area contributed by atoms with E-state index in [1.165, 1.54) is 32.7 Å². The molecule has 0 saturated heterocycles. The van der Waals surface area contributed by atoms with E-state index in [0.717, 1.165) is 19.3 Å². The third-order valence-corrected chi connectivity index (χ3v) is 5.45. The van der Waals surface area contributed by atoms with Crippen molar-refractivity contribution in [2.75, 3.05) is 0 Å². The van der Waals surface area contributed by atoms with E-state index in [4.69, 9.17) is 4.42 Å². The van der Waals surface area contributed by atoms with Gasteiger partial charge < -0.3 is 4.42 Å². The monoisotopic (exact) mass is 326 g/mol. The van der Waals surface area contributed by atoms with Crippen molar-refractivity contribution in [2.24, 2.45) is 5.92 Å². The Labute approximate surface area is 146 Å². The van der Waals surface area contributed by atoms with Crippen LogP contribution in [0.1, 0.15) is 27.9 Å². The average molecular weight is 326 g/mol. The largest absolute Gasteiger partial charge is 0.472 e. The first-order valence-corrected chi connectivity index (χ1v) is 8.80. The number of fused-ring (bicyclic) bond motifs is 5. The second kappa shape index (κ2) is 5.59. The lowest BCUT2D eigenvalue weighted by molar-refractivity contribution is 0.0946. The molecule has 0 fully saturated rings. The van der Waals surface area contributed by atoms with Crippen molar-refractivity contribution in [3.05, 3.63) is 82.1 Å². The Morgan fingerprint density at radius 3 is 2.76 bits per heavy atom. The van der Waals surface area contributed by atoms with Gasteiger partial charge in [0.15, 0.2) is 5.78 Å². The maximum Gasteiger partial charge on any atom is 0.172 e. The minimum Gasteiger partial charge on any atom is -0.472 e. The molecule has 0 N–H and O–H groups in total. The molecule has 1 aromatic heterocycles. The zero-order chi connectivity index (χ0) is 16.8. The predicted octanol–water partition coefficient (Wildman–Crippen LogP) is 3.51. The van der Waals surface area contributed by atoms with Gasteiger partial charge in [-0.1, -0.05) is 48.6 Å². The Kier molecular flexibility index (Phi) is 3.24. The number of ketones is 1. The first kappa shape index (κ1) is 14.5. The predicted molar refractivity (Wildman–Crippen MR) is 98.6 cm³/mol. The molecule has 3 aromatic rings. The number of furan rings is 1. The van der Waals surface area contributed by atoms with E-state index in [1.54, 1.807) is 18.6 Å². The molecule has 1 atom stereocenters. The molecule has 122 valence electrons. The smallest absolute Gasteiger partial charge is 0.172 e. The maximum atomic E-state index is 12.7. The highest BCUT2D eigenvalue weighted by Gasteiger charge is 2.23. The third kappa shape index (κ3) is 2.29. The van der Waals surface area contributed by atoms with Crippen LogP contribution in [0.4, 0.5) is 0 Å². The van der Waals surface area contributed by atoms with Crippen LogP contribution in [0.15, 0.2) is 59.4 Å². The molecule has 0 aliphatic heterocycles. The van der Waals surface area contributed by atoms with E-state index in [9.17, 15) is 4.79 Å². The van der Waals surface area contributed by atoms with Crippen molar-refractivity contribution in [3.63, 3.8) is 0 Å². The molecule has 2 aromatic carbocycles. The molecule has 0 bridgehead atoms. The average Bonchev–Trinajstić information content (AvgIpc) is 3.21. The standard InChI is InChI=1S/C23H18O2/c24-23(18-11-12-25-14-18)17-6-5-16-8-9-20-19-4-2-1-3-15(19)7-10-21(20)22(16)13-17/h1-4,8-14,17H,5-7H2. The molecule has 2 heteroatoms. The fourth-order valence-corrected chi connectivity index (χ4v) is 4.15. The minimum absolute atomic E-state index is 0.0674. The van der Waals surface area contributed by atoms with Crippen molar-refractivity contribution < 1.29 is 9.21 Å². The summed E-state index contributed by atoms with van der Waals surface area (Å²) >= 11 is 0. The molecule has 1 heterocycles. The number of benzene rings is 2. The van der Waals surface area contributed by atoms with Crippen LogP contribution in [0.3, 0.4) is 0 Å². The van der Waals surface area contributed by atoms with Gasteiger partial charge in [0.1, 0.15) is 6.26 Å². The van der Waals surface area contributed by atoms with Crippen molar-refractivity contribution >= 4 is 17.9 Å². The summed E-state index contributed by atoms with van der Waals surface area (Å²) in [5, 5.41) is 2.54. The summed E-state index contributed by atoms with van der Waals surface area (Å²) in [6, 6.07) is 14.8. The molecule has 2 nitrogen and oxygen atoms in total. The number of hydrogen-bond donors (Lipinski definition) is 0. The molecule has 0 amide bonds. The second-order valence-corrected chi connectivity index (χ2v) is 6.85. The van der Waals surface area contributed by atoms with Gasteiger partial charge in [-0.2, -0.15) is 0 Å². The summed E-state index contributed by atoms with van der Waals surface area (Å²) in [5.41, 5.74) is 6.00. The van der Waals surface area contributed by atoms with E-state index in [-0.39, 0.29) is 11.7 Å². The fraction of sp³-hybridized carbons (Fsp3) is 0.174. The quantitative estimate of drug-likeness (QED) is 0.675. The molecule has 5 rings (SSSR count). The van der Waals surface area contributed by atoms with E-state index >= 15 is 0 Å². The van der Waals surface area contributed by atoms with Gasteiger partial charge in [0, 0.05) is 5.92 Å². The van der Waals surface area contributed by atoms with Gasteiger partial charge in [-0.25, -0.2) is 0 Å². The number of hydrogen-bond acceptors (Lipinski definition) is 2. The van der Waals surface area contributed by atoms with Crippen molar-refractivity contribution in [3.8, 4) is 11.1 Å². The lowest BCUT2D eigenvalue weighted by Crippen LogP contribution is -2.37. The molecule has 0 saturated carbocycles. The Balaban J connectivity index is 1.68. The van der Waals surface area contributed by atoms with Gasteiger partial charge in [0.2, 0.25) is 0 Å². The summed E-state index contributed by atoms with van der Waals surface area (Å²) in [6.45, 7) is 0. The van der Waals surface area contributed by atoms with Crippen LogP contribution in [0.5, 0.6) is 0 Å². The number of carbonyl (C=O) groups excluding carboxylic acids is 1. The molecule has 0 spiro atoms. The van der Waals surface area contributed by atoms with Crippen LogP contribution >= 0.6 is 0 Å². The normalized spacial score (nSPS) is 17.5. The first-order chi connectivity index (χ1) is 12.3. The van der Waals surface area contributed by atoms with Crippen LogP contribution < -0.4 is 10.4 Å². The molecule has 1 unspecified atom stereocenters. The van der Waals surface area contributed by atoms with E-state index in [1.807, 2.05) is 0 Å². The lowest BCUT2D eigenvalue weighted by Gasteiger charge is -2.21. The summed E-state index contributed by atoms with van der Waals surface area (Å²) in [7, 11) is 0. The first-order valence-electron chi connectivity index (χ1n) is 8.80. The number of carbonyl (C=O) groups is 1. The summed E-state index contributed by atoms with van der Waals surface area (Å²) in [6.07, 6.45) is 10.4. The van der Waals surface area contributed by atoms with E-state index < -0.39 is 0 Å². The van der Waals surface area contributed by atoms with Crippen LogP contribution in [0, 0.1) is 5.92 Å². The van der Waals surface area contributed by atoms with E-state index in [2.05, 4.69) is 48.6 Å². The van der Waals surface area contributed by atoms with Crippen molar-refractivity contribution in [2.45, 2.75) is 19.3 Å². The zero-order valence-electron chi connectivity index (χ0n) is 13.9. The SMILES string of the molecule is O=C(c1ccoc1)C1C=c2c(ccc3c2=CCc2ccccc2-3)CC1. The van der Waals surface area contributed by atoms with Crippen molar-refractivity contribution in [1.29, 1.82) is 0 Å². The van der Waals surface area contributed by atoms with Gasteiger partial charge in [-0.15, -0.1) is 0 Å². The molecule has 0 radical (unpaired) electrons. The summed E-state index contributed by atoms with van der Waals surface area (Å²) in [4.78, 5) is 12.7. The lowest BCUT2D eigenvalue weighted by atomic mass is 9.82. The van der Waals surface area contributed by atoms with Crippen LogP contribution in [0.2, 0.25) is 0 Å². The van der Waals surface area contributed by atoms with Crippen LogP contribution in [0.25, 0.3) is 23.3 Å². The zero-order valence-corrected chi connectivity index (χ0v) is 13.9. The van der Waals surface area contributed by atoms with Crippen LogP contribution in [-0.2, 0) is 12.8 Å². The highest BCUT2D eigenvalue weighted by Crippen LogP contribution is 2.26. The highest BCUT2D eigenvalue weighted by atomic mass is 16.3. The van der Waals surface area contributed by atoms with Crippen LogP contribution in [-0.4, -0.2) is 5.78 Å². The topological polar surface area (TPSA) is 30.2 Å². The fourth-order valence-electron chi connectivity index (χ4n) is 4.15. The Bertz CT molecular complexity index is 1090. The van der Waals surface area contributed by atoms with E-state index in [0.29, 0.717) is 5.56 Å². The number of Topliss-reactive ketones (excluding diaryl/α,β-unsaturated/α-hetero) is 1. The Morgan fingerprint density at radius 1 is 0.960 bits per heavy atom. The molecule has 2 aliphatic carbocycles. The Morgan fingerprint density at radius 2 is 1.88 bits per heavy atom. The highest BCUT2D eigenvalue weighted by molar-refractivity contribution is 6.01. The molecule has 25 heavy (non-hydrogen) atoms. The molecule has 2 aliphatic rings. The summed E-state index contributed by atoms with van der Waals surface area (Å²) < 4.78 is 5.08. The van der Waals surface area contributed by atoms with Gasteiger partial charge in [0.25, 0.3) is 0 Å². The molecular formula is C23H18O2. The van der Waals surface area contributed by atoms with Gasteiger partial charge in [-0.3, -0.25) is 4.79 Å². The van der Waals surface area contributed by atoms with Gasteiger partial charge in [0.05, 0.1) is 11.8 Å².